The molecular formula is C23H28F3NO5. The fourth-order valence-corrected chi connectivity index (χ4v) is 3.79. The minimum atomic E-state index is -4.79. The molecule has 0 saturated heterocycles. The molecule has 32 heavy (non-hydrogen) atoms. The number of nitro benzene ring substituents is 1. The second-order valence-electron chi connectivity index (χ2n) is 8.46. The molecule has 0 aliphatic rings. The van der Waals surface area contributed by atoms with Crippen molar-refractivity contribution in [1.29, 1.82) is 0 Å². The highest BCUT2D eigenvalue weighted by atomic mass is 19.4. The fourth-order valence-electron chi connectivity index (χ4n) is 3.79. The van der Waals surface area contributed by atoms with Gasteiger partial charge in [-0.05, 0) is 46.9 Å². The second-order valence-corrected chi connectivity index (χ2v) is 8.46. The number of alkyl halides is 3. The molecule has 3 N–H and O–H groups in total. The number of halogens is 3. The number of aliphatic hydroxyl groups excluding tert-OH is 1. The summed E-state index contributed by atoms with van der Waals surface area (Å²) in [7, 11) is 0. The number of hydrogen-bond donors (Lipinski definition) is 3. The van der Waals surface area contributed by atoms with Gasteiger partial charge >= 0.3 is 11.9 Å². The fraction of sp³-hybridized carbons (Fsp3) is 0.478. The van der Waals surface area contributed by atoms with Crippen LogP contribution >= 0.6 is 0 Å². The van der Waals surface area contributed by atoms with Gasteiger partial charge in [0, 0.05) is 18.2 Å². The molecule has 0 heterocycles. The molecule has 2 rings (SSSR count). The standard InChI is InChI=1S/C23H28F3NO5/c1-12(2)17-9-15(8-14(21(17)29)6-5-7-28)20(23(24,25)26)16-10-18(13(3)4)22(30)19(11-16)27(31)32/h8-13,20,28-30H,5-7H2,1-4H3. The van der Waals surface area contributed by atoms with E-state index in [9.17, 15) is 33.5 Å². The Morgan fingerprint density at radius 2 is 1.44 bits per heavy atom. The number of aromatic hydroxyl groups is 2. The van der Waals surface area contributed by atoms with Gasteiger partial charge in [0.05, 0.1) is 4.92 Å². The predicted octanol–water partition coefficient (Wildman–Crippen LogP) is 5.87. The van der Waals surface area contributed by atoms with Crippen LogP contribution in [0.1, 0.15) is 79.7 Å². The molecule has 0 aromatic heterocycles. The van der Waals surface area contributed by atoms with E-state index in [0.29, 0.717) is 5.56 Å². The summed E-state index contributed by atoms with van der Waals surface area (Å²) >= 11 is 0. The summed E-state index contributed by atoms with van der Waals surface area (Å²) < 4.78 is 43.0. The lowest BCUT2D eigenvalue weighted by Gasteiger charge is -2.25. The lowest BCUT2D eigenvalue weighted by molar-refractivity contribution is -0.386. The minimum absolute atomic E-state index is 0.0480. The minimum Gasteiger partial charge on any atom is -0.507 e. The number of hydrogen-bond acceptors (Lipinski definition) is 5. The number of nitrogens with zero attached hydrogens (tertiary/aromatic N) is 1. The molecule has 0 aliphatic carbocycles. The van der Waals surface area contributed by atoms with Crippen LogP contribution in [0.5, 0.6) is 11.5 Å². The van der Waals surface area contributed by atoms with Crippen molar-refractivity contribution < 1.29 is 33.4 Å². The first-order valence-electron chi connectivity index (χ1n) is 10.3. The van der Waals surface area contributed by atoms with Gasteiger partial charge < -0.3 is 15.3 Å². The summed E-state index contributed by atoms with van der Waals surface area (Å²) in [5.74, 6) is -3.69. The molecule has 0 saturated carbocycles. The molecule has 0 radical (unpaired) electrons. The number of nitro groups is 1. The van der Waals surface area contributed by atoms with Gasteiger partial charge in [0.15, 0.2) is 5.75 Å². The molecule has 0 aliphatic heterocycles. The van der Waals surface area contributed by atoms with Gasteiger partial charge in [0.2, 0.25) is 0 Å². The highest BCUT2D eigenvalue weighted by molar-refractivity contribution is 5.57. The van der Waals surface area contributed by atoms with Crippen LogP contribution in [0.2, 0.25) is 0 Å². The predicted molar refractivity (Wildman–Crippen MR) is 114 cm³/mol. The maximum Gasteiger partial charge on any atom is 0.399 e. The van der Waals surface area contributed by atoms with E-state index >= 15 is 0 Å². The van der Waals surface area contributed by atoms with Crippen LogP contribution in [-0.2, 0) is 6.42 Å². The van der Waals surface area contributed by atoms with Crippen molar-refractivity contribution in [3.63, 3.8) is 0 Å². The van der Waals surface area contributed by atoms with E-state index in [1.807, 2.05) is 0 Å². The van der Waals surface area contributed by atoms with Crippen molar-refractivity contribution in [2.75, 3.05) is 6.61 Å². The van der Waals surface area contributed by atoms with Gasteiger partial charge in [-0.15, -0.1) is 0 Å². The summed E-state index contributed by atoms with van der Waals surface area (Å²) in [6.45, 7) is 6.52. The summed E-state index contributed by atoms with van der Waals surface area (Å²) in [4.78, 5) is 10.5. The van der Waals surface area contributed by atoms with Crippen molar-refractivity contribution in [3.8, 4) is 11.5 Å². The first kappa shape index (κ1) is 25.5. The summed E-state index contributed by atoms with van der Waals surface area (Å²) in [5, 5.41) is 41.3. The molecule has 176 valence electrons. The average Bonchev–Trinajstić information content (AvgIpc) is 2.67. The highest BCUT2D eigenvalue weighted by Gasteiger charge is 2.43. The molecule has 1 atom stereocenters. The van der Waals surface area contributed by atoms with E-state index in [0.717, 1.165) is 12.1 Å². The number of phenols is 2. The Balaban J connectivity index is 2.84. The molecule has 0 spiro atoms. The van der Waals surface area contributed by atoms with Crippen molar-refractivity contribution in [2.24, 2.45) is 0 Å². The zero-order valence-corrected chi connectivity index (χ0v) is 18.4. The van der Waals surface area contributed by atoms with Crippen LogP contribution in [0.3, 0.4) is 0 Å². The Bertz CT molecular complexity index is 987. The van der Waals surface area contributed by atoms with Crippen LogP contribution in [0.15, 0.2) is 24.3 Å². The third kappa shape index (κ3) is 5.32. The summed E-state index contributed by atoms with van der Waals surface area (Å²) in [5.41, 5.74) is -0.676. The number of aryl methyl sites for hydroxylation is 1. The van der Waals surface area contributed by atoms with E-state index in [1.165, 1.54) is 12.1 Å². The molecule has 6 nitrogen and oxygen atoms in total. The van der Waals surface area contributed by atoms with Crippen LogP contribution < -0.4 is 0 Å². The van der Waals surface area contributed by atoms with Crippen molar-refractivity contribution in [1.82, 2.24) is 0 Å². The Hall–Kier alpha value is -2.81. The Kier molecular flexibility index (Phi) is 7.77. The largest absolute Gasteiger partial charge is 0.507 e. The number of phenolic OH excluding ortho intramolecular Hbond substituents is 2. The topological polar surface area (TPSA) is 104 Å². The SMILES string of the molecule is CC(C)c1cc(C(c2cc(C(C)C)c(O)c([N+](=O)[O-])c2)C(F)(F)F)cc(CCCO)c1O. The molecule has 0 amide bonds. The van der Waals surface area contributed by atoms with Gasteiger partial charge in [0.1, 0.15) is 11.7 Å². The number of aliphatic hydroxyl groups is 1. The highest BCUT2D eigenvalue weighted by Crippen LogP contribution is 2.46. The maximum absolute atomic E-state index is 14.3. The van der Waals surface area contributed by atoms with Gasteiger partial charge in [-0.2, -0.15) is 13.2 Å². The van der Waals surface area contributed by atoms with Crippen LogP contribution in [0, 0.1) is 10.1 Å². The molecule has 0 bridgehead atoms. The van der Waals surface area contributed by atoms with E-state index in [1.54, 1.807) is 27.7 Å². The van der Waals surface area contributed by atoms with Crippen molar-refractivity contribution in [3.05, 3.63) is 62.2 Å². The molecule has 1 unspecified atom stereocenters. The monoisotopic (exact) mass is 455 g/mol. The first-order valence-corrected chi connectivity index (χ1v) is 10.3. The number of rotatable bonds is 8. The van der Waals surface area contributed by atoms with Crippen LogP contribution in [0.4, 0.5) is 18.9 Å². The summed E-state index contributed by atoms with van der Waals surface area (Å²) in [6, 6.07) is 4.42. The molecular weight excluding hydrogens is 427 g/mol. The van der Waals surface area contributed by atoms with Gasteiger partial charge in [-0.1, -0.05) is 45.9 Å². The normalized spacial score (nSPS) is 13.1. The van der Waals surface area contributed by atoms with Crippen molar-refractivity contribution >= 4 is 5.69 Å². The summed E-state index contributed by atoms with van der Waals surface area (Å²) in [6.07, 6.45) is -4.36. The lowest BCUT2D eigenvalue weighted by atomic mass is 9.84. The maximum atomic E-state index is 14.3. The van der Waals surface area contributed by atoms with Gasteiger partial charge in [-0.3, -0.25) is 10.1 Å². The van der Waals surface area contributed by atoms with E-state index in [2.05, 4.69) is 0 Å². The smallest absolute Gasteiger partial charge is 0.399 e. The van der Waals surface area contributed by atoms with E-state index in [4.69, 9.17) is 5.11 Å². The van der Waals surface area contributed by atoms with Crippen LogP contribution in [-0.4, -0.2) is 33.0 Å². The zero-order chi connectivity index (χ0) is 24.4. The Labute approximate surface area is 184 Å². The lowest BCUT2D eigenvalue weighted by Crippen LogP contribution is -2.23. The number of benzene rings is 2. The third-order valence-corrected chi connectivity index (χ3v) is 5.42. The Morgan fingerprint density at radius 1 is 0.938 bits per heavy atom. The van der Waals surface area contributed by atoms with E-state index < -0.39 is 34.4 Å². The van der Waals surface area contributed by atoms with E-state index in [-0.39, 0.29) is 53.4 Å². The Morgan fingerprint density at radius 3 is 1.88 bits per heavy atom. The van der Waals surface area contributed by atoms with Crippen LogP contribution in [0.25, 0.3) is 0 Å². The average molecular weight is 455 g/mol. The molecule has 2 aromatic rings. The molecule has 9 heteroatoms. The second kappa shape index (κ2) is 9.77. The van der Waals surface area contributed by atoms with Gasteiger partial charge in [-0.25, -0.2) is 0 Å². The molecule has 2 aromatic carbocycles. The zero-order valence-electron chi connectivity index (χ0n) is 18.4. The third-order valence-electron chi connectivity index (χ3n) is 5.42. The molecule has 0 fully saturated rings. The first-order chi connectivity index (χ1) is 14.8. The van der Waals surface area contributed by atoms with Gasteiger partial charge in [0.25, 0.3) is 0 Å². The van der Waals surface area contributed by atoms with Crippen molar-refractivity contribution in [2.45, 2.75) is 64.5 Å². The quantitative estimate of drug-likeness (QED) is 0.341.